The van der Waals surface area contributed by atoms with Gasteiger partial charge in [-0.25, -0.2) is 4.98 Å². The molecule has 1 fully saturated rings. The predicted molar refractivity (Wildman–Crippen MR) is 97.3 cm³/mol. The lowest BCUT2D eigenvalue weighted by Crippen LogP contribution is -2.53. The molecule has 2 N–H and O–H groups in total. The molecule has 0 atom stereocenters. The van der Waals surface area contributed by atoms with Crippen LogP contribution in [0.2, 0.25) is 0 Å². The number of pyridine rings is 1. The van der Waals surface area contributed by atoms with Crippen LogP contribution in [0.15, 0.2) is 29.4 Å². The summed E-state index contributed by atoms with van der Waals surface area (Å²) >= 11 is 0. The highest BCUT2D eigenvalue weighted by molar-refractivity contribution is 5.81. The molecule has 0 saturated carbocycles. The van der Waals surface area contributed by atoms with Gasteiger partial charge >= 0.3 is 0 Å². The van der Waals surface area contributed by atoms with Crippen LogP contribution in [0.25, 0.3) is 0 Å². The molecule has 0 aromatic carbocycles. The van der Waals surface area contributed by atoms with Crippen molar-refractivity contribution in [2.45, 2.75) is 26.3 Å². The first-order valence-corrected chi connectivity index (χ1v) is 8.51. The van der Waals surface area contributed by atoms with Crippen LogP contribution in [0, 0.1) is 0 Å². The van der Waals surface area contributed by atoms with Gasteiger partial charge in [-0.05, 0) is 26.0 Å². The summed E-state index contributed by atoms with van der Waals surface area (Å²) < 4.78 is 0. The summed E-state index contributed by atoms with van der Waals surface area (Å²) in [6, 6.07) is 6.16. The zero-order chi connectivity index (χ0) is 17.4. The molecule has 0 unspecified atom stereocenters. The Morgan fingerprint density at radius 3 is 2.62 bits per heavy atom. The molecule has 0 bridgehead atoms. The van der Waals surface area contributed by atoms with Crippen molar-refractivity contribution in [2.24, 2.45) is 4.99 Å². The van der Waals surface area contributed by atoms with E-state index in [1.165, 1.54) is 0 Å². The number of carbonyl (C=O) groups excluding carboxylic acids is 1. The first-order valence-electron chi connectivity index (χ1n) is 8.51. The summed E-state index contributed by atoms with van der Waals surface area (Å²) in [5, 5.41) is 6.17. The van der Waals surface area contributed by atoms with E-state index in [0.29, 0.717) is 13.0 Å². The van der Waals surface area contributed by atoms with Crippen molar-refractivity contribution in [1.29, 1.82) is 0 Å². The summed E-state index contributed by atoms with van der Waals surface area (Å²) in [5.74, 6) is 1.94. The lowest BCUT2D eigenvalue weighted by Gasteiger charge is -2.37. The fourth-order valence-electron chi connectivity index (χ4n) is 2.70. The Morgan fingerprint density at radius 2 is 2.04 bits per heavy atom. The Bertz CT molecular complexity index is 537. The normalized spacial score (nSPS) is 15.6. The third kappa shape index (κ3) is 5.40. The second-order valence-corrected chi connectivity index (χ2v) is 6.11. The maximum absolute atomic E-state index is 11.7. The number of amides is 1. The van der Waals surface area contributed by atoms with Gasteiger partial charge in [0, 0.05) is 58.4 Å². The third-order valence-corrected chi connectivity index (χ3v) is 3.85. The van der Waals surface area contributed by atoms with Gasteiger partial charge in [0.1, 0.15) is 5.82 Å². The van der Waals surface area contributed by atoms with Crippen molar-refractivity contribution >= 4 is 17.7 Å². The number of hydrogen-bond donors (Lipinski definition) is 2. The molecule has 1 amide bonds. The van der Waals surface area contributed by atoms with Crippen LogP contribution in [0.4, 0.5) is 5.82 Å². The second-order valence-electron chi connectivity index (χ2n) is 6.11. The summed E-state index contributed by atoms with van der Waals surface area (Å²) in [6.45, 7) is 8.10. The maximum atomic E-state index is 11.7. The van der Waals surface area contributed by atoms with Crippen LogP contribution in [0.5, 0.6) is 0 Å². The molecule has 2 rings (SSSR count). The molecule has 1 aliphatic rings. The number of anilines is 1. The number of carbonyl (C=O) groups is 1. The average molecular weight is 332 g/mol. The van der Waals surface area contributed by atoms with Gasteiger partial charge < -0.3 is 20.4 Å². The van der Waals surface area contributed by atoms with Crippen molar-refractivity contribution in [3.05, 3.63) is 24.4 Å². The van der Waals surface area contributed by atoms with Crippen molar-refractivity contribution in [3.63, 3.8) is 0 Å². The van der Waals surface area contributed by atoms with Crippen molar-refractivity contribution < 1.29 is 4.79 Å². The largest absolute Gasteiger partial charge is 0.356 e. The van der Waals surface area contributed by atoms with E-state index in [9.17, 15) is 4.79 Å². The Hall–Kier alpha value is -2.31. The SMILES string of the molecule is CN=C(NCCC(=O)NC(C)C)N1CCN(c2ccccn2)CC1. The molecule has 7 nitrogen and oxygen atoms in total. The Kier molecular flexibility index (Phi) is 6.84. The van der Waals surface area contributed by atoms with Crippen LogP contribution < -0.4 is 15.5 Å². The fourth-order valence-corrected chi connectivity index (χ4v) is 2.70. The van der Waals surface area contributed by atoms with Crippen LogP contribution in [-0.2, 0) is 4.79 Å². The topological polar surface area (TPSA) is 72.9 Å². The molecule has 1 aromatic rings. The van der Waals surface area contributed by atoms with Gasteiger partial charge in [0.05, 0.1) is 0 Å². The monoisotopic (exact) mass is 332 g/mol. The maximum Gasteiger partial charge on any atom is 0.221 e. The smallest absolute Gasteiger partial charge is 0.221 e. The number of guanidine groups is 1. The second kappa shape index (κ2) is 9.10. The quantitative estimate of drug-likeness (QED) is 0.613. The Morgan fingerprint density at radius 1 is 1.29 bits per heavy atom. The predicted octanol–water partition coefficient (Wildman–Crippen LogP) is 0.694. The number of rotatable bonds is 5. The lowest BCUT2D eigenvalue weighted by molar-refractivity contribution is -0.121. The summed E-state index contributed by atoms with van der Waals surface area (Å²) in [7, 11) is 1.78. The number of aromatic nitrogens is 1. The third-order valence-electron chi connectivity index (χ3n) is 3.85. The number of piperazine rings is 1. The highest BCUT2D eigenvalue weighted by Crippen LogP contribution is 2.12. The van der Waals surface area contributed by atoms with E-state index in [-0.39, 0.29) is 11.9 Å². The summed E-state index contributed by atoms with van der Waals surface area (Å²) in [5.41, 5.74) is 0. The van der Waals surface area contributed by atoms with Crippen molar-refractivity contribution in [3.8, 4) is 0 Å². The van der Waals surface area contributed by atoms with E-state index >= 15 is 0 Å². The average Bonchev–Trinajstić information content (AvgIpc) is 2.59. The van der Waals surface area contributed by atoms with Crippen molar-refractivity contribution in [1.82, 2.24) is 20.5 Å². The molecular weight excluding hydrogens is 304 g/mol. The first kappa shape index (κ1) is 18.0. The molecule has 1 saturated heterocycles. The van der Waals surface area contributed by atoms with Crippen molar-refractivity contribution in [2.75, 3.05) is 44.7 Å². The highest BCUT2D eigenvalue weighted by atomic mass is 16.1. The minimum absolute atomic E-state index is 0.0629. The van der Waals surface area contributed by atoms with Gasteiger partial charge in [0.15, 0.2) is 5.96 Å². The van der Waals surface area contributed by atoms with E-state index in [1.807, 2.05) is 38.2 Å². The molecule has 0 radical (unpaired) electrons. The van der Waals surface area contributed by atoms with E-state index < -0.39 is 0 Å². The molecule has 0 aliphatic carbocycles. The Labute approximate surface area is 144 Å². The minimum Gasteiger partial charge on any atom is -0.356 e. The fraction of sp³-hybridized carbons (Fsp3) is 0.588. The van der Waals surface area contributed by atoms with E-state index in [0.717, 1.165) is 38.0 Å². The van der Waals surface area contributed by atoms with Gasteiger partial charge in [-0.2, -0.15) is 0 Å². The molecule has 2 heterocycles. The van der Waals surface area contributed by atoms with E-state index in [4.69, 9.17) is 0 Å². The number of nitrogens with one attached hydrogen (secondary N) is 2. The number of nitrogens with zero attached hydrogens (tertiary/aromatic N) is 4. The number of hydrogen-bond acceptors (Lipinski definition) is 4. The van der Waals surface area contributed by atoms with Gasteiger partial charge in [-0.3, -0.25) is 9.79 Å². The van der Waals surface area contributed by atoms with Crippen LogP contribution >= 0.6 is 0 Å². The van der Waals surface area contributed by atoms with E-state index in [1.54, 1.807) is 7.05 Å². The standard InChI is InChI=1S/C17H28N6O/c1-14(2)21-16(24)7-9-20-17(18-3)23-12-10-22(11-13-23)15-6-4-5-8-19-15/h4-6,8,14H,7,9-13H2,1-3H3,(H,18,20)(H,21,24). The molecular formula is C17H28N6O. The van der Waals surface area contributed by atoms with Gasteiger partial charge in [-0.1, -0.05) is 6.07 Å². The van der Waals surface area contributed by atoms with Crippen LogP contribution in [0.1, 0.15) is 20.3 Å². The summed E-state index contributed by atoms with van der Waals surface area (Å²) in [4.78, 5) is 24.9. The minimum atomic E-state index is 0.0629. The van der Waals surface area contributed by atoms with Gasteiger partial charge in [0.2, 0.25) is 5.91 Å². The summed E-state index contributed by atoms with van der Waals surface area (Å²) in [6.07, 6.45) is 2.27. The molecule has 24 heavy (non-hydrogen) atoms. The van der Waals surface area contributed by atoms with E-state index in [2.05, 4.69) is 30.4 Å². The molecule has 132 valence electrons. The lowest BCUT2D eigenvalue weighted by atomic mass is 10.3. The number of aliphatic imine (C=N–C) groups is 1. The zero-order valence-corrected chi connectivity index (χ0v) is 14.8. The first-order chi connectivity index (χ1) is 11.6. The molecule has 1 aliphatic heterocycles. The molecule has 1 aromatic heterocycles. The molecule has 0 spiro atoms. The zero-order valence-electron chi connectivity index (χ0n) is 14.8. The van der Waals surface area contributed by atoms with Gasteiger partial charge in [-0.15, -0.1) is 0 Å². The highest BCUT2D eigenvalue weighted by Gasteiger charge is 2.20. The Balaban J connectivity index is 1.76. The molecule has 7 heteroatoms. The van der Waals surface area contributed by atoms with Crippen LogP contribution in [-0.4, -0.2) is 67.6 Å². The van der Waals surface area contributed by atoms with Gasteiger partial charge in [0.25, 0.3) is 0 Å². The van der Waals surface area contributed by atoms with Crippen LogP contribution in [0.3, 0.4) is 0 Å².